The van der Waals surface area contributed by atoms with Crippen molar-refractivity contribution in [3.8, 4) is 17.4 Å². The van der Waals surface area contributed by atoms with E-state index < -0.39 is 0 Å². The third kappa shape index (κ3) is 2.93. The average molecular weight is 399 g/mol. The van der Waals surface area contributed by atoms with Gasteiger partial charge < -0.3 is 19.9 Å². The summed E-state index contributed by atoms with van der Waals surface area (Å²) in [5.74, 6) is 0.910. The molecule has 26 heavy (non-hydrogen) atoms. The fourth-order valence-electron chi connectivity index (χ4n) is 2.62. The fraction of sp³-hybridized carbons (Fsp3) is 0.333. The smallest absolute Gasteiger partial charge is 0.261 e. The number of halogens is 2. The second-order valence-corrected chi connectivity index (χ2v) is 6.00. The van der Waals surface area contributed by atoms with Gasteiger partial charge >= 0.3 is 0 Å². The van der Waals surface area contributed by atoms with E-state index in [9.17, 15) is 0 Å². The van der Waals surface area contributed by atoms with Crippen LogP contribution in [0.4, 0.5) is 5.95 Å². The molecule has 0 aliphatic heterocycles. The van der Waals surface area contributed by atoms with Crippen LogP contribution in [-0.2, 0) is 6.54 Å². The Bertz CT molecular complexity index is 992. The maximum atomic E-state index is 6.44. The lowest BCUT2D eigenvalue weighted by Crippen LogP contribution is -2.09. The summed E-state index contributed by atoms with van der Waals surface area (Å²) in [7, 11) is 4.43. The lowest BCUT2D eigenvalue weighted by molar-refractivity contribution is 0.314. The molecule has 0 saturated heterocycles. The van der Waals surface area contributed by atoms with E-state index in [0.29, 0.717) is 33.9 Å². The van der Waals surface area contributed by atoms with Gasteiger partial charge in [-0.25, -0.2) is 14.6 Å². The predicted octanol–water partition coefficient (Wildman–Crippen LogP) is 2.49. The van der Waals surface area contributed by atoms with Crippen molar-refractivity contribution in [3.05, 3.63) is 21.6 Å². The molecule has 0 atom stereocenters. The van der Waals surface area contributed by atoms with Crippen LogP contribution in [-0.4, -0.2) is 46.1 Å². The van der Waals surface area contributed by atoms with Crippen LogP contribution < -0.4 is 19.9 Å². The van der Waals surface area contributed by atoms with Crippen molar-refractivity contribution in [2.24, 2.45) is 0 Å². The average Bonchev–Trinajstić information content (AvgIpc) is 2.91. The maximum Gasteiger partial charge on any atom is 0.261 e. The number of methoxy groups -OCH3 is 3. The Labute approximate surface area is 159 Å². The van der Waals surface area contributed by atoms with Gasteiger partial charge in [-0.2, -0.15) is 10.1 Å². The minimum atomic E-state index is 0.0487. The molecular weight excluding hydrogens is 383 g/mol. The Balaban J connectivity index is 2.17. The van der Waals surface area contributed by atoms with E-state index in [2.05, 4.69) is 20.1 Å². The molecule has 0 radical (unpaired) electrons. The molecule has 0 unspecified atom stereocenters. The van der Waals surface area contributed by atoms with Crippen molar-refractivity contribution in [1.82, 2.24) is 24.7 Å². The van der Waals surface area contributed by atoms with Crippen molar-refractivity contribution in [2.45, 2.75) is 13.5 Å². The van der Waals surface area contributed by atoms with Gasteiger partial charge in [0.25, 0.3) is 5.88 Å². The van der Waals surface area contributed by atoms with Gasteiger partial charge in [0, 0.05) is 0 Å². The molecule has 3 aromatic rings. The van der Waals surface area contributed by atoms with E-state index in [4.69, 9.17) is 43.1 Å². The van der Waals surface area contributed by atoms with Crippen LogP contribution in [0.15, 0.2) is 0 Å². The maximum absolute atomic E-state index is 6.44. The molecule has 0 aliphatic rings. The molecule has 0 aliphatic carbocycles. The van der Waals surface area contributed by atoms with Crippen LogP contribution in [0.2, 0.25) is 10.2 Å². The molecule has 9 nitrogen and oxygen atoms in total. The van der Waals surface area contributed by atoms with Crippen LogP contribution in [0.25, 0.3) is 11.0 Å². The number of nitrogen functional groups attached to an aromatic ring is 1. The largest absolute Gasteiger partial charge is 0.491 e. The van der Waals surface area contributed by atoms with Gasteiger partial charge in [0.15, 0.2) is 11.4 Å². The second kappa shape index (κ2) is 7.00. The lowest BCUT2D eigenvalue weighted by atomic mass is 10.3. The highest BCUT2D eigenvalue weighted by molar-refractivity contribution is 6.34. The van der Waals surface area contributed by atoms with Gasteiger partial charge in [-0.15, -0.1) is 0 Å². The molecule has 0 bridgehead atoms. The van der Waals surface area contributed by atoms with Gasteiger partial charge in [0.1, 0.15) is 10.2 Å². The highest BCUT2D eigenvalue weighted by Crippen LogP contribution is 2.42. The number of aromatic nitrogens is 5. The van der Waals surface area contributed by atoms with Crippen molar-refractivity contribution < 1.29 is 14.2 Å². The normalized spacial score (nSPS) is 11.0. The van der Waals surface area contributed by atoms with Crippen LogP contribution in [0, 0.1) is 6.92 Å². The molecule has 3 rings (SSSR count). The first-order valence-corrected chi connectivity index (χ1v) is 8.17. The van der Waals surface area contributed by atoms with E-state index in [-0.39, 0.29) is 28.5 Å². The summed E-state index contributed by atoms with van der Waals surface area (Å²) in [6, 6.07) is 0. The summed E-state index contributed by atoms with van der Waals surface area (Å²) in [5.41, 5.74) is 7.31. The summed E-state index contributed by atoms with van der Waals surface area (Å²) in [6.45, 7) is 1.99. The second-order valence-electron chi connectivity index (χ2n) is 5.26. The van der Waals surface area contributed by atoms with E-state index in [0.717, 1.165) is 0 Å². The standard InChI is InChI=1S/C15H16Cl2N6O3/c1-6-8-12(17)20-15(18)21-13(8)23(22-6)5-7-9(16)10(24-2)11(25-3)14(19-7)26-4/h5H2,1-4H3,(H2,18,20,21). The first-order chi connectivity index (χ1) is 12.4. The molecule has 11 heteroatoms. The van der Waals surface area contributed by atoms with Crippen molar-refractivity contribution in [2.75, 3.05) is 27.1 Å². The summed E-state index contributed by atoms with van der Waals surface area (Å²) >= 11 is 12.6. The number of fused-ring (bicyclic) bond motifs is 1. The van der Waals surface area contributed by atoms with Gasteiger partial charge in [-0.3, -0.25) is 0 Å². The first kappa shape index (κ1) is 18.3. The molecule has 0 aromatic carbocycles. The number of nitrogens with zero attached hydrogens (tertiary/aromatic N) is 5. The molecular formula is C15H16Cl2N6O3. The number of hydrogen-bond donors (Lipinski definition) is 1. The van der Waals surface area contributed by atoms with Gasteiger partial charge in [0.05, 0.1) is 44.6 Å². The van der Waals surface area contributed by atoms with Crippen molar-refractivity contribution in [3.63, 3.8) is 0 Å². The fourth-order valence-corrected chi connectivity index (χ4v) is 3.20. The monoisotopic (exact) mass is 398 g/mol. The van der Waals surface area contributed by atoms with E-state index in [1.807, 2.05) is 0 Å². The number of nitrogens with two attached hydrogens (primary N) is 1. The summed E-state index contributed by atoms with van der Waals surface area (Å²) in [4.78, 5) is 12.6. The van der Waals surface area contributed by atoms with E-state index in [1.54, 1.807) is 11.6 Å². The zero-order valence-electron chi connectivity index (χ0n) is 14.5. The highest BCUT2D eigenvalue weighted by atomic mass is 35.5. The Morgan fingerprint density at radius 2 is 1.69 bits per heavy atom. The number of hydrogen-bond acceptors (Lipinski definition) is 8. The topological polar surface area (TPSA) is 110 Å². The minimum Gasteiger partial charge on any atom is -0.491 e. The molecule has 3 heterocycles. The van der Waals surface area contributed by atoms with E-state index in [1.165, 1.54) is 21.3 Å². The molecule has 0 saturated carbocycles. The molecule has 0 spiro atoms. The summed E-state index contributed by atoms with van der Waals surface area (Å²) in [5, 5.41) is 5.57. The van der Waals surface area contributed by atoms with Gasteiger partial charge in [0.2, 0.25) is 11.7 Å². The molecule has 0 amide bonds. The molecule has 0 fully saturated rings. The third-order valence-corrected chi connectivity index (χ3v) is 4.39. The predicted molar refractivity (Wildman–Crippen MR) is 97.5 cm³/mol. The highest BCUT2D eigenvalue weighted by Gasteiger charge is 2.23. The van der Waals surface area contributed by atoms with Crippen molar-refractivity contribution in [1.29, 1.82) is 0 Å². The van der Waals surface area contributed by atoms with Crippen LogP contribution in [0.1, 0.15) is 11.4 Å². The summed E-state index contributed by atoms with van der Waals surface area (Å²) in [6.07, 6.45) is 0. The SMILES string of the molecule is COc1nc(Cn2nc(C)c3c(Cl)nc(N)nc32)c(Cl)c(OC)c1OC. The Morgan fingerprint density at radius 3 is 2.31 bits per heavy atom. The zero-order valence-corrected chi connectivity index (χ0v) is 16.0. The molecule has 138 valence electrons. The Kier molecular flexibility index (Phi) is 4.92. The number of rotatable bonds is 5. The summed E-state index contributed by atoms with van der Waals surface area (Å²) < 4.78 is 17.5. The Hall–Kier alpha value is -2.52. The van der Waals surface area contributed by atoms with Crippen LogP contribution in [0.3, 0.4) is 0 Å². The lowest BCUT2D eigenvalue weighted by Gasteiger charge is -2.15. The van der Waals surface area contributed by atoms with E-state index >= 15 is 0 Å². The third-order valence-electron chi connectivity index (χ3n) is 3.73. The molecule has 3 aromatic heterocycles. The first-order valence-electron chi connectivity index (χ1n) is 7.41. The van der Waals surface area contributed by atoms with Crippen LogP contribution >= 0.6 is 23.2 Å². The zero-order chi connectivity index (χ0) is 19.0. The Morgan fingerprint density at radius 1 is 1.00 bits per heavy atom. The number of anilines is 1. The van der Waals surface area contributed by atoms with Crippen molar-refractivity contribution >= 4 is 40.2 Å². The van der Waals surface area contributed by atoms with Gasteiger partial charge in [-0.05, 0) is 6.92 Å². The van der Waals surface area contributed by atoms with Gasteiger partial charge in [-0.1, -0.05) is 23.2 Å². The number of ether oxygens (including phenoxy) is 3. The van der Waals surface area contributed by atoms with Crippen LogP contribution in [0.5, 0.6) is 17.4 Å². The number of pyridine rings is 1. The quantitative estimate of drug-likeness (QED) is 0.652. The minimum absolute atomic E-state index is 0.0487. The molecule has 2 N–H and O–H groups in total. The number of aryl methyl sites for hydroxylation is 1.